The topological polar surface area (TPSA) is 17.1 Å². The van der Waals surface area contributed by atoms with Crippen LogP contribution < -0.4 is 0 Å². The Morgan fingerprint density at radius 2 is 1.70 bits per heavy atom. The second-order valence-corrected chi connectivity index (χ2v) is 5.13. The number of Topliss-reactive ketones (excluding diaryl/α,β-unsaturated/α-hetero) is 1. The van der Waals surface area contributed by atoms with E-state index in [9.17, 15) is 4.79 Å². The van der Waals surface area contributed by atoms with Crippen molar-refractivity contribution in [3.05, 3.63) is 88.5 Å². The Bertz CT molecular complexity index is 706. The minimum absolute atomic E-state index is 0.168. The van der Waals surface area contributed by atoms with Gasteiger partial charge in [0.05, 0.1) is 0 Å². The molecule has 2 aromatic rings. The highest BCUT2D eigenvalue weighted by atomic mass is 16.1. The first-order valence-corrected chi connectivity index (χ1v) is 6.80. The van der Waals surface area contributed by atoms with Gasteiger partial charge in [-0.15, -0.1) is 0 Å². The van der Waals surface area contributed by atoms with Crippen molar-refractivity contribution in [3.8, 4) is 0 Å². The van der Waals surface area contributed by atoms with Crippen molar-refractivity contribution in [2.75, 3.05) is 0 Å². The zero-order valence-corrected chi connectivity index (χ0v) is 11.5. The van der Waals surface area contributed by atoms with Crippen LogP contribution in [-0.2, 0) is 6.42 Å². The largest absolute Gasteiger partial charge is 0.289 e. The normalized spacial score (nSPS) is 16.6. The predicted molar refractivity (Wildman–Crippen MR) is 82.7 cm³/mol. The molecule has 0 radical (unpaired) electrons. The molecular formula is C19H16O. The minimum Gasteiger partial charge on any atom is -0.289 e. The molecule has 3 rings (SSSR count). The van der Waals surface area contributed by atoms with E-state index in [1.807, 2.05) is 55.5 Å². The fraction of sp³-hybridized carbons (Fsp3) is 0.105. The molecule has 0 heterocycles. The summed E-state index contributed by atoms with van der Waals surface area (Å²) in [4.78, 5) is 12.3. The van der Waals surface area contributed by atoms with Crippen LogP contribution in [0, 0.1) is 0 Å². The van der Waals surface area contributed by atoms with Crippen LogP contribution >= 0.6 is 0 Å². The Morgan fingerprint density at radius 3 is 2.45 bits per heavy atom. The lowest BCUT2D eigenvalue weighted by molar-refractivity contribution is 0.103. The van der Waals surface area contributed by atoms with Crippen LogP contribution in [0.4, 0.5) is 0 Å². The van der Waals surface area contributed by atoms with Gasteiger partial charge in [-0.05, 0) is 18.1 Å². The van der Waals surface area contributed by atoms with Gasteiger partial charge in [-0.3, -0.25) is 4.79 Å². The van der Waals surface area contributed by atoms with E-state index in [0.717, 1.165) is 34.3 Å². The number of hydrogen-bond donors (Lipinski definition) is 0. The Labute approximate surface area is 119 Å². The summed E-state index contributed by atoms with van der Waals surface area (Å²) in [7, 11) is 0. The fourth-order valence-corrected chi connectivity index (χ4v) is 2.60. The Hall–Kier alpha value is -2.41. The fourth-order valence-electron chi connectivity index (χ4n) is 2.60. The van der Waals surface area contributed by atoms with Gasteiger partial charge >= 0.3 is 0 Å². The van der Waals surface area contributed by atoms with Crippen LogP contribution in [0.5, 0.6) is 0 Å². The summed E-state index contributed by atoms with van der Waals surface area (Å²) in [6, 6.07) is 18.0. The molecule has 98 valence electrons. The summed E-state index contributed by atoms with van der Waals surface area (Å²) in [5, 5.41) is 0. The van der Waals surface area contributed by atoms with E-state index in [1.54, 1.807) is 0 Å². The average molecular weight is 260 g/mol. The molecule has 0 unspecified atom stereocenters. The number of carbonyl (C=O) groups excluding carboxylic acids is 1. The van der Waals surface area contributed by atoms with Crippen molar-refractivity contribution in [1.29, 1.82) is 0 Å². The van der Waals surface area contributed by atoms with Crippen LogP contribution in [-0.4, -0.2) is 5.78 Å². The highest BCUT2D eigenvalue weighted by Crippen LogP contribution is 2.27. The second kappa shape index (κ2) is 5.30. The first-order chi connectivity index (χ1) is 9.74. The highest BCUT2D eigenvalue weighted by Gasteiger charge is 2.23. The predicted octanol–water partition coefficient (Wildman–Crippen LogP) is 4.46. The standard InChI is InChI=1S/C19H16O/c1-14(11-15-7-3-2-4-8-15)12-17-13-16-9-5-6-10-18(16)19(17)20/h2-12H,13H2,1H3. The molecule has 1 aliphatic carbocycles. The van der Waals surface area contributed by atoms with Crippen molar-refractivity contribution >= 4 is 11.9 Å². The Balaban J connectivity index is 1.88. The molecule has 1 aliphatic rings. The van der Waals surface area contributed by atoms with E-state index in [1.165, 1.54) is 0 Å². The lowest BCUT2D eigenvalue weighted by Gasteiger charge is -1.98. The molecular weight excluding hydrogens is 244 g/mol. The van der Waals surface area contributed by atoms with Crippen molar-refractivity contribution in [2.24, 2.45) is 0 Å². The van der Waals surface area contributed by atoms with Gasteiger partial charge in [0.15, 0.2) is 5.78 Å². The lowest BCUT2D eigenvalue weighted by atomic mass is 10.1. The van der Waals surface area contributed by atoms with Gasteiger partial charge < -0.3 is 0 Å². The molecule has 1 heteroatoms. The lowest BCUT2D eigenvalue weighted by Crippen LogP contribution is -1.95. The van der Waals surface area contributed by atoms with E-state index >= 15 is 0 Å². The quantitative estimate of drug-likeness (QED) is 0.729. The number of rotatable bonds is 2. The third kappa shape index (κ3) is 2.48. The number of ketones is 1. The SMILES string of the molecule is CC(=Cc1ccccc1)C=C1Cc2ccccc2C1=O. The van der Waals surface area contributed by atoms with Crippen molar-refractivity contribution in [3.63, 3.8) is 0 Å². The van der Waals surface area contributed by atoms with E-state index in [4.69, 9.17) is 0 Å². The van der Waals surface area contributed by atoms with E-state index in [-0.39, 0.29) is 5.78 Å². The molecule has 0 bridgehead atoms. The Kier molecular flexibility index (Phi) is 3.34. The first-order valence-electron chi connectivity index (χ1n) is 6.80. The number of benzene rings is 2. The maximum atomic E-state index is 12.3. The highest BCUT2D eigenvalue weighted by molar-refractivity contribution is 6.13. The molecule has 0 saturated heterocycles. The van der Waals surface area contributed by atoms with E-state index in [0.29, 0.717) is 0 Å². The van der Waals surface area contributed by atoms with Gasteiger partial charge in [0.2, 0.25) is 0 Å². The number of allylic oxidation sites excluding steroid dienone is 3. The van der Waals surface area contributed by atoms with Crippen LogP contribution in [0.25, 0.3) is 6.08 Å². The summed E-state index contributed by atoms with van der Waals surface area (Å²) in [5.74, 6) is 0.168. The molecule has 1 nitrogen and oxygen atoms in total. The van der Waals surface area contributed by atoms with E-state index in [2.05, 4.69) is 18.2 Å². The molecule has 0 spiro atoms. The smallest absolute Gasteiger partial charge is 0.189 e. The molecule has 0 aromatic heterocycles. The van der Waals surface area contributed by atoms with Gasteiger partial charge in [0, 0.05) is 17.6 Å². The van der Waals surface area contributed by atoms with Crippen LogP contribution in [0.1, 0.15) is 28.4 Å². The van der Waals surface area contributed by atoms with Crippen LogP contribution in [0.2, 0.25) is 0 Å². The van der Waals surface area contributed by atoms with Crippen molar-refractivity contribution in [1.82, 2.24) is 0 Å². The van der Waals surface area contributed by atoms with Crippen molar-refractivity contribution in [2.45, 2.75) is 13.3 Å². The summed E-state index contributed by atoms with van der Waals surface area (Å²) < 4.78 is 0. The third-order valence-electron chi connectivity index (χ3n) is 3.53. The molecule has 0 atom stereocenters. The molecule has 0 saturated carbocycles. The Morgan fingerprint density at radius 1 is 1.00 bits per heavy atom. The number of fused-ring (bicyclic) bond motifs is 1. The van der Waals surface area contributed by atoms with Crippen molar-refractivity contribution < 1.29 is 4.79 Å². The first kappa shape index (κ1) is 12.6. The maximum Gasteiger partial charge on any atom is 0.189 e. The van der Waals surface area contributed by atoms with Gasteiger partial charge in [0.25, 0.3) is 0 Å². The molecule has 0 fully saturated rings. The molecule has 2 aromatic carbocycles. The van der Waals surface area contributed by atoms with E-state index < -0.39 is 0 Å². The maximum absolute atomic E-state index is 12.3. The number of carbonyl (C=O) groups is 1. The van der Waals surface area contributed by atoms with Gasteiger partial charge in [-0.1, -0.05) is 72.3 Å². The minimum atomic E-state index is 0.168. The average Bonchev–Trinajstić information content (AvgIpc) is 2.77. The zero-order chi connectivity index (χ0) is 13.9. The summed E-state index contributed by atoms with van der Waals surface area (Å²) >= 11 is 0. The van der Waals surface area contributed by atoms with Gasteiger partial charge in [-0.2, -0.15) is 0 Å². The molecule has 0 aliphatic heterocycles. The van der Waals surface area contributed by atoms with Gasteiger partial charge in [-0.25, -0.2) is 0 Å². The molecule has 0 amide bonds. The molecule has 0 N–H and O–H groups in total. The van der Waals surface area contributed by atoms with Crippen LogP contribution in [0.3, 0.4) is 0 Å². The van der Waals surface area contributed by atoms with Gasteiger partial charge in [0.1, 0.15) is 0 Å². The monoisotopic (exact) mass is 260 g/mol. The number of hydrogen-bond acceptors (Lipinski definition) is 1. The summed E-state index contributed by atoms with van der Waals surface area (Å²) in [5.41, 5.74) is 5.13. The second-order valence-electron chi connectivity index (χ2n) is 5.13. The summed E-state index contributed by atoms with van der Waals surface area (Å²) in [6.07, 6.45) is 4.85. The van der Waals surface area contributed by atoms with Crippen LogP contribution in [0.15, 0.2) is 71.8 Å². The molecule has 20 heavy (non-hydrogen) atoms. The zero-order valence-electron chi connectivity index (χ0n) is 11.5. The third-order valence-corrected chi connectivity index (χ3v) is 3.53. The summed E-state index contributed by atoms with van der Waals surface area (Å²) in [6.45, 7) is 2.04.